The van der Waals surface area contributed by atoms with Crippen LogP contribution in [0, 0.1) is 5.82 Å². The average Bonchev–Trinajstić information content (AvgIpc) is 3.26. The van der Waals surface area contributed by atoms with Gasteiger partial charge in [-0.15, -0.1) is 0 Å². The first-order chi connectivity index (χ1) is 12.8. The van der Waals surface area contributed by atoms with E-state index in [4.69, 9.17) is 5.10 Å². The smallest absolute Gasteiger partial charge is 0.124 e. The molecule has 0 aliphatic carbocycles. The van der Waals surface area contributed by atoms with Gasteiger partial charge in [0.1, 0.15) is 11.5 Å². The van der Waals surface area contributed by atoms with Crippen LogP contribution in [0.3, 0.4) is 0 Å². The van der Waals surface area contributed by atoms with Crippen LogP contribution >= 0.6 is 0 Å². The standard InChI is InChI=1S/C19H19FN6/c20-13-4-5-16-15(9-13)19(23-22-16)12-25-7-8-26-14(11-25)10-18(24-26)17-3-1-2-6-21-17/h1-5,9-10,21H,6-8,11-12H2,(H,22,23). The maximum Gasteiger partial charge on any atom is 0.124 e. The highest BCUT2D eigenvalue weighted by Gasteiger charge is 2.21. The molecule has 7 heteroatoms. The fourth-order valence-electron chi connectivity index (χ4n) is 3.60. The van der Waals surface area contributed by atoms with Gasteiger partial charge in [-0.25, -0.2) is 4.39 Å². The molecule has 2 aromatic heterocycles. The molecule has 1 aromatic carbocycles. The SMILES string of the molecule is Fc1ccc2[nH]nc(CN3CCn4nc(C5=CC=CCN5)cc4C3)c2c1. The van der Waals surface area contributed by atoms with Crippen molar-refractivity contribution in [2.24, 2.45) is 0 Å². The van der Waals surface area contributed by atoms with Gasteiger partial charge in [-0.2, -0.15) is 10.2 Å². The quantitative estimate of drug-likeness (QED) is 0.762. The maximum absolute atomic E-state index is 13.6. The number of aromatic amines is 1. The number of hydrogen-bond donors (Lipinski definition) is 2. The summed E-state index contributed by atoms with van der Waals surface area (Å²) in [6.07, 6.45) is 6.19. The molecule has 0 unspecified atom stereocenters. The molecular formula is C19H19FN6. The van der Waals surface area contributed by atoms with Gasteiger partial charge in [0.05, 0.1) is 29.1 Å². The van der Waals surface area contributed by atoms with Crippen LogP contribution in [0.4, 0.5) is 4.39 Å². The Hall–Kier alpha value is -2.93. The van der Waals surface area contributed by atoms with Crippen molar-refractivity contribution in [3.63, 3.8) is 0 Å². The van der Waals surface area contributed by atoms with E-state index in [9.17, 15) is 4.39 Å². The summed E-state index contributed by atoms with van der Waals surface area (Å²) in [4.78, 5) is 2.32. The van der Waals surface area contributed by atoms with Gasteiger partial charge in [0, 0.05) is 31.6 Å². The lowest BCUT2D eigenvalue weighted by Gasteiger charge is -2.26. The number of benzene rings is 1. The lowest BCUT2D eigenvalue weighted by molar-refractivity contribution is 0.203. The lowest BCUT2D eigenvalue weighted by atomic mass is 10.2. The molecule has 2 aliphatic rings. The minimum Gasteiger partial charge on any atom is -0.380 e. The minimum atomic E-state index is -0.233. The predicted molar refractivity (Wildman–Crippen MR) is 97.5 cm³/mol. The summed E-state index contributed by atoms with van der Waals surface area (Å²) >= 11 is 0. The Bertz CT molecular complexity index is 1030. The monoisotopic (exact) mass is 350 g/mol. The first-order valence-corrected chi connectivity index (χ1v) is 8.79. The fourth-order valence-corrected chi connectivity index (χ4v) is 3.60. The van der Waals surface area contributed by atoms with Crippen LogP contribution in [0.15, 0.2) is 42.5 Å². The van der Waals surface area contributed by atoms with Crippen molar-refractivity contribution in [1.29, 1.82) is 0 Å². The number of H-pyrrole nitrogens is 1. The largest absolute Gasteiger partial charge is 0.380 e. The van der Waals surface area contributed by atoms with Crippen molar-refractivity contribution in [2.45, 2.75) is 19.6 Å². The molecule has 0 saturated carbocycles. The predicted octanol–water partition coefficient (Wildman–Crippen LogP) is 2.41. The summed E-state index contributed by atoms with van der Waals surface area (Å²) in [5, 5.41) is 16.3. The second-order valence-electron chi connectivity index (χ2n) is 6.70. The molecule has 132 valence electrons. The van der Waals surface area contributed by atoms with E-state index in [0.717, 1.165) is 54.2 Å². The number of allylic oxidation sites excluding steroid dienone is 2. The lowest BCUT2D eigenvalue weighted by Crippen LogP contribution is -2.33. The fraction of sp³-hybridized carbons (Fsp3) is 0.263. The summed E-state index contributed by atoms with van der Waals surface area (Å²) in [7, 11) is 0. The molecule has 2 aliphatic heterocycles. The second-order valence-corrected chi connectivity index (χ2v) is 6.70. The van der Waals surface area contributed by atoms with Crippen molar-refractivity contribution < 1.29 is 4.39 Å². The summed E-state index contributed by atoms with van der Waals surface area (Å²) in [5.74, 6) is -0.233. The number of halogens is 1. The summed E-state index contributed by atoms with van der Waals surface area (Å²) in [5.41, 5.74) is 4.99. The molecule has 6 nitrogen and oxygen atoms in total. The molecule has 0 saturated heterocycles. The highest BCUT2D eigenvalue weighted by atomic mass is 19.1. The normalized spacial score (nSPS) is 17.2. The number of hydrogen-bond acceptors (Lipinski definition) is 4. The summed E-state index contributed by atoms with van der Waals surface area (Å²) in [6.45, 7) is 4.07. The van der Waals surface area contributed by atoms with E-state index < -0.39 is 0 Å². The molecule has 5 rings (SSSR count). The molecule has 0 amide bonds. The Balaban J connectivity index is 1.37. The Kier molecular flexibility index (Phi) is 3.60. The van der Waals surface area contributed by atoms with Gasteiger partial charge < -0.3 is 5.32 Å². The summed E-state index contributed by atoms with van der Waals surface area (Å²) < 4.78 is 15.6. The van der Waals surface area contributed by atoms with Crippen LogP contribution in [0.25, 0.3) is 16.6 Å². The number of nitrogens with one attached hydrogen (secondary N) is 2. The van der Waals surface area contributed by atoms with Crippen LogP contribution in [0.5, 0.6) is 0 Å². The van der Waals surface area contributed by atoms with E-state index in [-0.39, 0.29) is 5.82 Å². The number of nitrogens with zero attached hydrogens (tertiary/aromatic N) is 4. The third kappa shape index (κ3) is 2.70. The van der Waals surface area contributed by atoms with Crippen molar-refractivity contribution >= 4 is 16.6 Å². The zero-order chi connectivity index (χ0) is 17.5. The third-order valence-corrected chi connectivity index (χ3v) is 4.94. The second kappa shape index (κ2) is 6.10. The molecule has 0 radical (unpaired) electrons. The summed E-state index contributed by atoms with van der Waals surface area (Å²) in [6, 6.07) is 6.88. The van der Waals surface area contributed by atoms with Crippen LogP contribution in [-0.4, -0.2) is 38.0 Å². The van der Waals surface area contributed by atoms with Crippen LogP contribution in [0.2, 0.25) is 0 Å². The molecule has 2 N–H and O–H groups in total. The molecule has 0 fully saturated rings. The number of dihydropyridines is 1. The van der Waals surface area contributed by atoms with Crippen molar-refractivity contribution in [2.75, 3.05) is 13.1 Å². The number of aromatic nitrogens is 4. The zero-order valence-corrected chi connectivity index (χ0v) is 14.2. The van der Waals surface area contributed by atoms with Crippen molar-refractivity contribution in [1.82, 2.24) is 30.2 Å². The van der Waals surface area contributed by atoms with Gasteiger partial charge in [0.2, 0.25) is 0 Å². The van der Waals surface area contributed by atoms with E-state index in [2.05, 4.69) is 49.4 Å². The van der Waals surface area contributed by atoms with Crippen LogP contribution in [0.1, 0.15) is 17.1 Å². The van der Waals surface area contributed by atoms with Crippen molar-refractivity contribution in [3.8, 4) is 0 Å². The van der Waals surface area contributed by atoms with Gasteiger partial charge >= 0.3 is 0 Å². The molecule has 4 heterocycles. The Labute approximate surface area is 150 Å². The van der Waals surface area contributed by atoms with Gasteiger partial charge in [-0.05, 0) is 30.3 Å². The third-order valence-electron chi connectivity index (χ3n) is 4.94. The molecule has 0 bridgehead atoms. The zero-order valence-electron chi connectivity index (χ0n) is 14.2. The minimum absolute atomic E-state index is 0.233. The van der Waals surface area contributed by atoms with Gasteiger partial charge in [0.25, 0.3) is 0 Å². The highest BCUT2D eigenvalue weighted by molar-refractivity contribution is 5.81. The molecule has 0 spiro atoms. The van der Waals surface area contributed by atoms with E-state index in [1.165, 1.54) is 11.8 Å². The molecular weight excluding hydrogens is 331 g/mol. The molecule has 3 aromatic rings. The average molecular weight is 350 g/mol. The first kappa shape index (κ1) is 15.3. The maximum atomic E-state index is 13.6. The van der Waals surface area contributed by atoms with Crippen LogP contribution < -0.4 is 5.32 Å². The van der Waals surface area contributed by atoms with Gasteiger partial charge in [0.15, 0.2) is 0 Å². The van der Waals surface area contributed by atoms with E-state index in [1.54, 1.807) is 12.1 Å². The first-order valence-electron chi connectivity index (χ1n) is 8.79. The Morgan fingerprint density at radius 2 is 2.15 bits per heavy atom. The molecule has 26 heavy (non-hydrogen) atoms. The number of rotatable bonds is 3. The Morgan fingerprint density at radius 1 is 1.19 bits per heavy atom. The van der Waals surface area contributed by atoms with Gasteiger partial charge in [-0.3, -0.25) is 14.7 Å². The van der Waals surface area contributed by atoms with Gasteiger partial charge in [-0.1, -0.05) is 12.2 Å². The van der Waals surface area contributed by atoms with E-state index in [0.29, 0.717) is 6.54 Å². The number of fused-ring (bicyclic) bond motifs is 2. The highest BCUT2D eigenvalue weighted by Crippen LogP contribution is 2.22. The van der Waals surface area contributed by atoms with Crippen LogP contribution in [-0.2, 0) is 19.6 Å². The topological polar surface area (TPSA) is 61.8 Å². The van der Waals surface area contributed by atoms with Crippen molar-refractivity contribution in [3.05, 3.63) is 65.4 Å². The Morgan fingerprint density at radius 3 is 3.04 bits per heavy atom. The molecule has 0 atom stereocenters. The van der Waals surface area contributed by atoms with E-state index >= 15 is 0 Å². The van der Waals surface area contributed by atoms with E-state index in [1.807, 2.05) is 0 Å².